The first-order chi connectivity index (χ1) is 14.3. The molecule has 3 aromatic carbocycles. The maximum atomic E-state index is 12.8. The molecule has 0 saturated heterocycles. The fraction of sp³-hybridized carbons (Fsp3) is 0.200. The van der Waals surface area contributed by atoms with Crippen LogP contribution in [0.3, 0.4) is 0 Å². The Morgan fingerprint density at radius 3 is 2.27 bits per heavy atom. The predicted molar refractivity (Wildman–Crippen MR) is 119 cm³/mol. The van der Waals surface area contributed by atoms with Crippen molar-refractivity contribution in [3.05, 3.63) is 95.6 Å². The summed E-state index contributed by atoms with van der Waals surface area (Å²) in [4.78, 5) is 25.4. The fourth-order valence-electron chi connectivity index (χ4n) is 2.86. The average molecular weight is 402 g/mol. The van der Waals surface area contributed by atoms with Gasteiger partial charge in [-0.05, 0) is 56.7 Å². The third-order valence-corrected chi connectivity index (χ3v) is 4.25. The lowest BCUT2D eigenvalue weighted by Crippen LogP contribution is -2.40. The molecule has 0 atom stereocenters. The van der Waals surface area contributed by atoms with E-state index in [-0.39, 0.29) is 17.4 Å². The molecule has 5 heteroatoms. The zero-order valence-corrected chi connectivity index (χ0v) is 17.4. The molecule has 2 N–H and O–H groups in total. The average Bonchev–Trinajstić information content (AvgIpc) is 2.72. The monoisotopic (exact) mass is 402 g/mol. The zero-order chi connectivity index (χ0) is 21.6. The van der Waals surface area contributed by atoms with Gasteiger partial charge in [-0.15, -0.1) is 0 Å². The Morgan fingerprint density at radius 2 is 1.53 bits per heavy atom. The standard InChI is InChI=1S/C25H26N2O3/c1-25(2,3)27-24(29)21-14-7-8-15-22(21)26-23(28)19-12-9-13-20(16-19)30-17-18-10-5-4-6-11-18/h4-16H,17H2,1-3H3,(H,26,28)(H,27,29). The Kier molecular flexibility index (Phi) is 6.52. The van der Waals surface area contributed by atoms with E-state index in [2.05, 4.69) is 10.6 Å². The molecule has 0 aliphatic carbocycles. The molecule has 0 aromatic heterocycles. The summed E-state index contributed by atoms with van der Waals surface area (Å²) in [7, 11) is 0. The van der Waals surface area contributed by atoms with E-state index in [0.29, 0.717) is 29.2 Å². The predicted octanol–water partition coefficient (Wildman–Crippen LogP) is 5.05. The molecular weight excluding hydrogens is 376 g/mol. The summed E-state index contributed by atoms with van der Waals surface area (Å²) in [5.41, 5.74) is 1.99. The Morgan fingerprint density at radius 1 is 0.833 bits per heavy atom. The molecule has 3 aromatic rings. The second kappa shape index (κ2) is 9.27. The number of carbonyl (C=O) groups excluding carboxylic acids is 2. The van der Waals surface area contributed by atoms with Crippen molar-refractivity contribution < 1.29 is 14.3 Å². The summed E-state index contributed by atoms with van der Waals surface area (Å²) in [5, 5.41) is 5.76. The van der Waals surface area contributed by atoms with Gasteiger partial charge in [-0.3, -0.25) is 9.59 Å². The summed E-state index contributed by atoms with van der Waals surface area (Å²) in [6.07, 6.45) is 0. The van der Waals surface area contributed by atoms with Crippen molar-refractivity contribution in [1.82, 2.24) is 5.32 Å². The SMILES string of the molecule is CC(C)(C)NC(=O)c1ccccc1NC(=O)c1cccc(OCc2ccccc2)c1. The van der Waals surface area contributed by atoms with Gasteiger partial charge >= 0.3 is 0 Å². The lowest BCUT2D eigenvalue weighted by Gasteiger charge is -2.21. The highest BCUT2D eigenvalue weighted by molar-refractivity contribution is 6.09. The van der Waals surface area contributed by atoms with Crippen molar-refractivity contribution in [2.45, 2.75) is 32.9 Å². The first kappa shape index (κ1) is 21.1. The molecule has 30 heavy (non-hydrogen) atoms. The van der Waals surface area contributed by atoms with Crippen molar-refractivity contribution in [3.8, 4) is 5.75 Å². The number of benzene rings is 3. The summed E-state index contributed by atoms with van der Waals surface area (Å²) in [6.45, 7) is 6.15. The van der Waals surface area contributed by atoms with E-state index in [1.807, 2.05) is 57.2 Å². The van der Waals surface area contributed by atoms with Crippen LogP contribution >= 0.6 is 0 Å². The van der Waals surface area contributed by atoms with Gasteiger partial charge < -0.3 is 15.4 Å². The number of carbonyl (C=O) groups is 2. The van der Waals surface area contributed by atoms with E-state index in [9.17, 15) is 9.59 Å². The van der Waals surface area contributed by atoms with Gasteiger partial charge in [0.1, 0.15) is 12.4 Å². The van der Waals surface area contributed by atoms with E-state index in [1.54, 1.807) is 42.5 Å². The molecule has 0 spiro atoms. The molecular formula is C25H26N2O3. The number of nitrogens with one attached hydrogen (secondary N) is 2. The molecule has 0 aliphatic heterocycles. The van der Waals surface area contributed by atoms with Crippen LogP contribution in [0.5, 0.6) is 5.75 Å². The summed E-state index contributed by atoms with van der Waals surface area (Å²) in [6, 6.07) is 23.8. The molecule has 0 heterocycles. The summed E-state index contributed by atoms with van der Waals surface area (Å²) < 4.78 is 5.81. The lowest BCUT2D eigenvalue weighted by atomic mass is 10.1. The normalized spacial score (nSPS) is 10.9. The van der Waals surface area contributed by atoms with Crippen LogP contribution in [0, 0.1) is 0 Å². The van der Waals surface area contributed by atoms with Crippen molar-refractivity contribution in [2.75, 3.05) is 5.32 Å². The fourth-order valence-corrected chi connectivity index (χ4v) is 2.86. The Labute approximate surface area is 177 Å². The minimum Gasteiger partial charge on any atom is -0.489 e. The van der Waals surface area contributed by atoms with Crippen molar-refractivity contribution >= 4 is 17.5 Å². The third kappa shape index (κ3) is 5.95. The van der Waals surface area contributed by atoms with Crippen LogP contribution in [0.4, 0.5) is 5.69 Å². The number of ether oxygens (including phenoxy) is 1. The third-order valence-electron chi connectivity index (χ3n) is 4.25. The van der Waals surface area contributed by atoms with Crippen molar-refractivity contribution in [2.24, 2.45) is 0 Å². The van der Waals surface area contributed by atoms with Gasteiger partial charge in [0.2, 0.25) is 0 Å². The lowest BCUT2D eigenvalue weighted by molar-refractivity contribution is 0.0920. The second-order valence-electron chi connectivity index (χ2n) is 8.01. The van der Waals surface area contributed by atoms with Gasteiger partial charge in [0.15, 0.2) is 0 Å². The largest absolute Gasteiger partial charge is 0.489 e. The number of amides is 2. The summed E-state index contributed by atoms with van der Waals surface area (Å²) in [5.74, 6) is 0.0554. The zero-order valence-electron chi connectivity index (χ0n) is 17.4. The molecule has 0 unspecified atom stereocenters. The molecule has 0 saturated carbocycles. The minimum absolute atomic E-state index is 0.238. The number of hydrogen-bond donors (Lipinski definition) is 2. The molecule has 5 nitrogen and oxygen atoms in total. The van der Waals surface area contributed by atoms with Crippen LogP contribution in [0.2, 0.25) is 0 Å². The summed E-state index contributed by atoms with van der Waals surface area (Å²) >= 11 is 0. The van der Waals surface area contributed by atoms with Gasteiger partial charge in [-0.2, -0.15) is 0 Å². The van der Waals surface area contributed by atoms with Gasteiger partial charge in [0.05, 0.1) is 11.3 Å². The smallest absolute Gasteiger partial charge is 0.255 e. The Bertz CT molecular complexity index is 1020. The van der Waals surface area contributed by atoms with E-state index in [4.69, 9.17) is 4.74 Å². The second-order valence-corrected chi connectivity index (χ2v) is 8.01. The molecule has 2 amide bonds. The molecule has 154 valence electrons. The van der Waals surface area contributed by atoms with Crippen LogP contribution in [0.15, 0.2) is 78.9 Å². The van der Waals surface area contributed by atoms with E-state index in [1.165, 1.54) is 0 Å². The maximum Gasteiger partial charge on any atom is 0.255 e. The first-order valence-corrected chi connectivity index (χ1v) is 9.81. The molecule has 0 radical (unpaired) electrons. The van der Waals surface area contributed by atoms with E-state index < -0.39 is 0 Å². The number of rotatable bonds is 6. The van der Waals surface area contributed by atoms with Crippen molar-refractivity contribution in [3.63, 3.8) is 0 Å². The highest BCUT2D eigenvalue weighted by Gasteiger charge is 2.19. The Balaban J connectivity index is 1.72. The van der Waals surface area contributed by atoms with E-state index >= 15 is 0 Å². The first-order valence-electron chi connectivity index (χ1n) is 9.81. The van der Waals surface area contributed by atoms with Crippen molar-refractivity contribution in [1.29, 1.82) is 0 Å². The van der Waals surface area contributed by atoms with E-state index in [0.717, 1.165) is 5.56 Å². The topological polar surface area (TPSA) is 67.4 Å². The van der Waals surface area contributed by atoms with Crippen LogP contribution in [0.25, 0.3) is 0 Å². The molecule has 3 rings (SSSR count). The highest BCUT2D eigenvalue weighted by Crippen LogP contribution is 2.20. The minimum atomic E-state index is -0.376. The molecule has 0 aliphatic rings. The van der Waals surface area contributed by atoms with Gasteiger partial charge in [0, 0.05) is 11.1 Å². The molecule has 0 bridgehead atoms. The van der Waals surface area contributed by atoms with Crippen LogP contribution < -0.4 is 15.4 Å². The van der Waals surface area contributed by atoms with Crippen LogP contribution in [0.1, 0.15) is 47.1 Å². The van der Waals surface area contributed by atoms with Crippen LogP contribution in [-0.2, 0) is 6.61 Å². The maximum absolute atomic E-state index is 12.8. The molecule has 0 fully saturated rings. The highest BCUT2D eigenvalue weighted by atomic mass is 16.5. The van der Waals surface area contributed by atoms with Gasteiger partial charge in [-0.25, -0.2) is 0 Å². The quantitative estimate of drug-likeness (QED) is 0.607. The van der Waals surface area contributed by atoms with Gasteiger partial charge in [-0.1, -0.05) is 48.5 Å². The number of hydrogen-bond acceptors (Lipinski definition) is 3. The Hall–Kier alpha value is -3.60. The van der Waals surface area contributed by atoms with Gasteiger partial charge in [0.25, 0.3) is 11.8 Å². The number of para-hydroxylation sites is 1. The number of anilines is 1. The van der Waals surface area contributed by atoms with Crippen LogP contribution in [-0.4, -0.2) is 17.4 Å².